The van der Waals surface area contributed by atoms with E-state index in [1.807, 2.05) is 30.5 Å². The van der Waals surface area contributed by atoms with Crippen LogP contribution in [0.5, 0.6) is 0 Å². The van der Waals surface area contributed by atoms with Gasteiger partial charge >= 0.3 is 0 Å². The molecular weight excluding hydrogens is 284 g/mol. The molecule has 112 valence electrons. The standard InChI is InChI=1S/C15H14N4O3/c20-15(13-9-22-14-4-2-1-3-12(13)14)16-5-10-6-19(18-17-10)7-11-8-21-11/h1-4,6,9,11H,5,7-8H2,(H,16,20). The highest BCUT2D eigenvalue weighted by atomic mass is 16.6. The summed E-state index contributed by atoms with van der Waals surface area (Å²) in [7, 11) is 0. The lowest BCUT2D eigenvalue weighted by Crippen LogP contribution is -2.22. The van der Waals surface area contributed by atoms with E-state index in [9.17, 15) is 4.79 Å². The minimum absolute atomic E-state index is 0.190. The van der Waals surface area contributed by atoms with Gasteiger partial charge in [-0.1, -0.05) is 23.4 Å². The lowest BCUT2D eigenvalue weighted by Gasteiger charge is -2.00. The molecule has 0 spiro atoms. The fourth-order valence-corrected chi connectivity index (χ4v) is 2.31. The summed E-state index contributed by atoms with van der Waals surface area (Å²) in [6.45, 7) is 1.80. The molecule has 3 heterocycles. The van der Waals surface area contributed by atoms with E-state index in [-0.39, 0.29) is 12.0 Å². The minimum atomic E-state index is -0.190. The fraction of sp³-hybridized carbons (Fsp3) is 0.267. The van der Waals surface area contributed by atoms with Crippen molar-refractivity contribution in [1.29, 1.82) is 0 Å². The summed E-state index contributed by atoms with van der Waals surface area (Å²) < 4.78 is 12.2. The van der Waals surface area contributed by atoms with E-state index in [1.54, 1.807) is 4.68 Å². The van der Waals surface area contributed by atoms with E-state index in [2.05, 4.69) is 15.6 Å². The number of hydrogen-bond acceptors (Lipinski definition) is 5. The number of aromatic nitrogens is 3. The van der Waals surface area contributed by atoms with Gasteiger partial charge in [-0.3, -0.25) is 4.79 Å². The maximum atomic E-state index is 12.2. The van der Waals surface area contributed by atoms with Crippen molar-refractivity contribution in [2.45, 2.75) is 19.2 Å². The summed E-state index contributed by atoms with van der Waals surface area (Å²) in [4.78, 5) is 12.2. The van der Waals surface area contributed by atoms with Crippen LogP contribution in [0.2, 0.25) is 0 Å². The smallest absolute Gasteiger partial charge is 0.255 e. The van der Waals surface area contributed by atoms with Crippen LogP contribution >= 0.6 is 0 Å². The molecule has 0 aliphatic carbocycles. The van der Waals surface area contributed by atoms with Crippen LogP contribution in [0.15, 0.2) is 41.1 Å². The average molecular weight is 298 g/mol. The number of ether oxygens (including phenoxy) is 1. The van der Waals surface area contributed by atoms with E-state index >= 15 is 0 Å². The molecule has 1 N–H and O–H groups in total. The third-order valence-corrected chi connectivity index (χ3v) is 3.53. The molecule has 0 radical (unpaired) electrons. The van der Waals surface area contributed by atoms with Gasteiger partial charge in [0.15, 0.2) is 0 Å². The van der Waals surface area contributed by atoms with Gasteiger partial charge in [-0.15, -0.1) is 5.10 Å². The van der Waals surface area contributed by atoms with E-state index < -0.39 is 0 Å². The van der Waals surface area contributed by atoms with Crippen LogP contribution in [0.3, 0.4) is 0 Å². The zero-order valence-corrected chi connectivity index (χ0v) is 11.7. The molecule has 1 aliphatic heterocycles. The Morgan fingerprint density at radius 3 is 3.14 bits per heavy atom. The van der Waals surface area contributed by atoms with Gasteiger partial charge in [0.25, 0.3) is 5.91 Å². The monoisotopic (exact) mass is 298 g/mol. The van der Waals surface area contributed by atoms with Crippen LogP contribution in [0.1, 0.15) is 16.1 Å². The summed E-state index contributed by atoms with van der Waals surface area (Å²) in [6, 6.07) is 7.44. The summed E-state index contributed by atoms with van der Waals surface area (Å²) >= 11 is 0. The van der Waals surface area contributed by atoms with Crippen LogP contribution in [0, 0.1) is 0 Å². The number of rotatable bonds is 5. The second-order valence-corrected chi connectivity index (χ2v) is 5.22. The lowest BCUT2D eigenvalue weighted by molar-refractivity contribution is 0.0951. The molecule has 0 bridgehead atoms. The third kappa shape index (κ3) is 2.58. The average Bonchev–Trinajstić information content (AvgIpc) is 3.07. The Balaban J connectivity index is 1.42. The van der Waals surface area contributed by atoms with Crippen LogP contribution < -0.4 is 5.32 Å². The highest BCUT2D eigenvalue weighted by Gasteiger charge is 2.23. The molecule has 0 saturated carbocycles. The van der Waals surface area contributed by atoms with Crippen LogP contribution in [-0.4, -0.2) is 33.6 Å². The highest BCUT2D eigenvalue weighted by Crippen LogP contribution is 2.20. The molecule has 7 nitrogen and oxygen atoms in total. The molecule has 1 saturated heterocycles. The van der Waals surface area contributed by atoms with Gasteiger partial charge in [0.05, 0.1) is 31.5 Å². The van der Waals surface area contributed by atoms with Crippen molar-refractivity contribution in [3.8, 4) is 0 Å². The Bertz CT molecular complexity index is 819. The highest BCUT2D eigenvalue weighted by molar-refractivity contribution is 6.05. The zero-order chi connectivity index (χ0) is 14.9. The zero-order valence-electron chi connectivity index (χ0n) is 11.7. The van der Waals surface area contributed by atoms with Crippen molar-refractivity contribution in [2.24, 2.45) is 0 Å². The number of amides is 1. The number of carbonyl (C=O) groups is 1. The number of hydrogen-bond donors (Lipinski definition) is 1. The number of fused-ring (bicyclic) bond motifs is 1. The Labute approximate surface area is 125 Å². The van der Waals surface area contributed by atoms with Gasteiger partial charge in [-0.25, -0.2) is 4.68 Å². The van der Waals surface area contributed by atoms with Crippen molar-refractivity contribution in [1.82, 2.24) is 20.3 Å². The first-order valence-electron chi connectivity index (χ1n) is 7.04. The van der Waals surface area contributed by atoms with E-state index in [1.165, 1.54) is 6.26 Å². The second kappa shape index (κ2) is 5.27. The van der Waals surface area contributed by atoms with Crippen LogP contribution in [-0.2, 0) is 17.8 Å². The first kappa shape index (κ1) is 13.0. The first-order valence-corrected chi connectivity index (χ1v) is 7.04. The van der Waals surface area contributed by atoms with Gasteiger partial charge in [-0.05, 0) is 6.07 Å². The Morgan fingerprint density at radius 2 is 2.27 bits per heavy atom. The molecule has 4 rings (SSSR count). The number of nitrogens with zero attached hydrogens (tertiary/aromatic N) is 3. The normalized spacial score (nSPS) is 16.8. The Hall–Kier alpha value is -2.67. The van der Waals surface area contributed by atoms with Gasteiger partial charge < -0.3 is 14.5 Å². The Kier molecular flexibility index (Phi) is 3.12. The lowest BCUT2D eigenvalue weighted by atomic mass is 10.1. The van der Waals surface area contributed by atoms with Crippen molar-refractivity contribution in [3.05, 3.63) is 48.0 Å². The van der Waals surface area contributed by atoms with Crippen molar-refractivity contribution < 1.29 is 13.9 Å². The summed E-state index contributed by atoms with van der Waals surface area (Å²) in [5.74, 6) is -0.190. The number of furan rings is 1. The summed E-state index contributed by atoms with van der Waals surface area (Å²) in [5.41, 5.74) is 1.93. The predicted octanol–water partition coefficient (Wildman–Crippen LogP) is 1.35. The van der Waals surface area contributed by atoms with Crippen molar-refractivity contribution >= 4 is 16.9 Å². The van der Waals surface area contributed by atoms with Crippen molar-refractivity contribution in [2.75, 3.05) is 6.61 Å². The number of carbonyl (C=O) groups excluding carboxylic acids is 1. The molecule has 22 heavy (non-hydrogen) atoms. The van der Waals surface area contributed by atoms with E-state index in [4.69, 9.17) is 9.15 Å². The molecule has 1 unspecified atom stereocenters. The molecular formula is C15H14N4O3. The molecule has 3 aromatic rings. The number of epoxide rings is 1. The first-order chi connectivity index (χ1) is 10.8. The third-order valence-electron chi connectivity index (χ3n) is 3.53. The summed E-state index contributed by atoms with van der Waals surface area (Å²) in [5, 5.41) is 11.7. The summed E-state index contributed by atoms with van der Waals surface area (Å²) in [6.07, 6.45) is 3.54. The molecule has 1 aliphatic rings. The molecule has 1 fully saturated rings. The van der Waals surface area contributed by atoms with Crippen LogP contribution in [0.25, 0.3) is 11.0 Å². The van der Waals surface area contributed by atoms with Gasteiger partial charge in [0.1, 0.15) is 23.6 Å². The fourth-order valence-electron chi connectivity index (χ4n) is 2.31. The molecule has 1 aromatic carbocycles. The molecule has 1 amide bonds. The largest absolute Gasteiger partial charge is 0.463 e. The topological polar surface area (TPSA) is 85.5 Å². The molecule has 2 aromatic heterocycles. The van der Waals surface area contributed by atoms with Gasteiger partial charge in [-0.2, -0.15) is 0 Å². The SMILES string of the molecule is O=C(NCc1cn(CC2CO2)nn1)c1coc2ccccc12. The van der Waals surface area contributed by atoms with Gasteiger partial charge in [0, 0.05) is 5.39 Å². The maximum Gasteiger partial charge on any atom is 0.255 e. The van der Waals surface area contributed by atoms with Gasteiger partial charge in [0.2, 0.25) is 0 Å². The van der Waals surface area contributed by atoms with Crippen molar-refractivity contribution in [3.63, 3.8) is 0 Å². The maximum absolute atomic E-state index is 12.2. The second-order valence-electron chi connectivity index (χ2n) is 5.22. The molecule has 7 heteroatoms. The quantitative estimate of drug-likeness (QED) is 0.719. The number of nitrogens with one attached hydrogen (secondary N) is 1. The van der Waals surface area contributed by atoms with E-state index in [0.29, 0.717) is 29.9 Å². The minimum Gasteiger partial charge on any atom is -0.463 e. The predicted molar refractivity (Wildman–Crippen MR) is 77.1 cm³/mol. The Morgan fingerprint density at radius 1 is 1.41 bits per heavy atom. The van der Waals surface area contributed by atoms with Crippen LogP contribution in [0.4, 0.5) is 0 Å². The molecule has 1 atom stereocenters. The number of para-hydroxylation sites is 1. The number of benzene rings is 1. The van der Waals surface area contributed by atoms with E-state index in [0.717, 1.165) is 12.0 Å².